The van der Waals surface area contributed by atoms with E-state index in [0.29, 0.717) is 5.56 Å². The van der Waals surface area contributed by atoms with Crippen LogP contribution in [-0.2, 0) is 0 Å². The number of nitriles is 1. The number of hydrogen-bond acceptors (Lipinski definition) is 4. The molecule has 8 aromatic rings. The van der Waals surface area contributed by atoms with Crippen LogP contribution in [0.3, 0.4) is 0 Å². The van der Waals surface area contributed by atoms with Gasteiger partial charge in [-0.25, -0.2) is 0 Å². The fourth-order valence-electron chi connectivity index (χ4n) is 6.20. The molecule has 0 fully saturated rings. The van der Waals surface area contributed by atoms with Crippen LogP contribution in [0.1, 0.15) is 28.3 Å². The fourth-order valence-corrected chi connectivity index (χ4v) is 6.20. The largest absolute Gasteiger partial charge is 0.456 e. The quantitative estimate of drug-likeness (QED) is 0.211. The van der Waals surface area contributed by atoms with Crippen LogP contribution in [0.15, 0.2) is 143 Å². The Morgan fingerprint density at radius 2 is 1.48 bits per heavy atom. The average Bonchev–Trinajstić information content (AvgIpc) is 3.61. The molecule has 0 radical (unpaired) electrons. The molecular weight excluding hydrogens is 540 g/mol. The SMILES string of the molecule is N#Cc1cccc(C(N)c2ccccc2/N=C/c2cccc(-n3c4ccccc4c4cc5oc6ccccc6c5cc43)c2)c1. The molecule has 0 spiro atoms. The van der Waals surface area contributed by atoms with Gasteiger partial charge in [-0.1, -0.05) is 78.9 Å². The zero-order chi connectivity index (χ0) is 29.6. The predicted octanol–water partition coefficient (Wildman–Crippen LogP) is 9.35. The van der Waals surface area contributed by atoms with Crippen molar-refractivity contribution in [1.82, 2.24) is 4.57 Å². The molecule has 2 aromatic heterocycles. The molecule has 0 saturated carbocycles. The molecule has 2 N–H and O–H groups in total. The van der Waals surface area contributed by atoms with Crippen molar-refractivity contribution in [3.05, 3.63) is 156 Å². The van der Waals surface area contributed by atoms with Crippen LogP contribution in [-0.4, -0.2) is 10.8 Å². The molecule has 1 unspecified atom stereocenters. The monoisotopic (exact) mass is 566 g/mol. The Morgan fingerprint density at radius 1 is 0.682 bits per heavy atom. The zero-order valence-electron chi connectivity index (χ0n) is 23.7. The molecule has 8 rings (SSSR count). The molecule has 0 aliphatic heterocycles. The molecule has 5 nitrogen and oxygen atoms in total. The molecule has 208 valence electrons. The van der Waals surface area contributed by atoms with E-state index in [1.54, 1.807) is 6.07 Å². The summed E-state index contributed by atoms with van der Waals surface area (Å²) in [5.74, 6) is 0. The van der Waals surface area contributed by atoms with Gasteiger partial charge in [-0.3, -0.25) is 4.99 Å². The van der Waals surface area contributed by atoms with Crippen LogP contribution in [0.5, 0.6) is 0 Å². The fraction of sp³-hybridized carbons (Fsp3) is 0.0256. The van der Waals surface area contributed by atoms with Crippen molar-refractivity contribution in [3.63, 3.8) is 0 Å². The summed E-state index contributed by atoms with van der Waals surface area (Å²) < 4.78 is 8.55. The highest BCUT2D eigenvalue weighted by Gasteiger charge is 2.17. The van der Waals surface area contributed by atoms with Crippen LogP contribution >= 0.6 is 0 Å². The van der Waals surface area contributed by atoms with Crippen LogP contribution in [0.2, 0.25) is 0 Å². The summed E-state index contributed by atoms with van der Waals surface area (Å²) in [6.45, 7) is 0. The summed E-state index contributed by atoms with van der Waals surface area (Å²) in [6, 6.07) is 46.6. The lowest BCUT2D eigenvalue weighted by atomic mass is 9.97. The first kappa shape index (κ1) is 25.7. The van der Waals surface area contributed by atoms with Crippen LogP contribution in [0.4, 0.5) is 5.69 Å². The maximum Gasteiger partial charge on any atom is 0.136 e. The molecule has 0 bridgehead atoms. The highest BCUT2D eigenvalue weighted by molar-refractivity contribution is 6.17. The number of nitrogens with zero attached hydrogens (tertiary/aromatic N) is 3. The van der Waals surface area contributed by atoms with Gasteiger partial charge in [0, 0.05) is 33.4 Å². The van der Waals surface area contributed by atoms with Crippen molar-refractivity contribution in [2.45, 2.75) is 6.04 Å². The second-order valence-corrected chi connectivity index (χ2v) is 10.9. The number of aliphatic imine (C=N–C) groups is 1. The van der Waals surface area contributed by atoms with E-state index in [1.165, 1.54) is 5.39 Å². The van der Waals surface area contributed by atoms with Crippen LogP contribution < -0.4 is 5.73 Å². The van der Waals surface area contributed by atoms with E-state index in [1.807, 2.05) is 66.9 Å². The van der Waals surface area contributed by atoms with Crippen molar-refractivity contribution in [2.24, 2.45) is 10.7 Å². The summed E-state index contributed by atoms with van der Waals surface area (Å²) in [5, 5.41) is 13.9. The summed E-state index contributed by atoms with van der Waals surface area (Å²) in [4.78, 5) is 4.89. The Kier molecular flexibility index (Phi) is 6.08. The molecule has 5 heteroatoms. The van der Waals surface area contributed by atoms with Crippen molar-refractivity contribution in [1.29, 1.82) is 5.26 Å². The molecule has 0 aliphatic rings. The van der Waals surface area contributed by atoms with Gasteiger partial charge in [0.15, 0.2) is 0 Å². The lowest BCUT2D eigenvalue weighted by Crippen LogP contribution is -2.12. The topological polar surface area (TPSA) is 80.2 Å². The van der Waals surface area contributed by atoms with Gasteiger partial charge in [-0.05, 0) is 71.3 Å². The van der Waals surface area contributed by atoms with E-state index in [9.17, 15) is 5.26 Å². The summed E-state index contributed by atoms with van der Waals surface area (Å²) >= 11 is 0. The molecule has 6 aromatic carbocycles. The molecule has 1 atom stereocenters. The Labute approximate surface area is 253 Å². The first-order valence-electron chi connectivity index (χ1n) is 14.5. The Bertz CT molecular complexity index is 2440. The summed E-state index contributed by atoms with van der Waals surface area (Å²) in [7, 11) is 0. The average molecular weight is 567 g/mol. The molecule has 2 heterocycles. The van der Waals surface area contributed by atoms with Gasteiger partial charge in [0.1, 0.15) is 11.2 Å². The lowest BCUT2D eigenvalue weighted by molar-refractivity contribution is 0.669. The van der Waals surface area contributed by atoms with E-state index >= 15 is 0 Å². The van der Waals surface area contributed by atoms with E-state index in [0.717, 1.165) is 66.4 Å². The minimum Gasteiger partial charge on any atom is -0.456 e. The molecule has 0 amide bonds. The maximum atomic E-state index is 9.35. The van der Waals surface area contributed by atoms with E-state index < -0.39 is 6.04 Å². The van der Waals surface area contributed by atoms with Crippen molar-refractivity contribution >= 4 is 55.6 Å². The number of furan rings is 1. The maximum absolute atomic E-state index is 9.35. The number of nitrogens with two attached hydrogens (primary N) is 1. The number of hydrogen-bond donors (Lipinski definition) is 1. The van der Waals surface area contributed by atoms with Gasteiger partial charge in [0.05, 0.1) is 34.4 Å². The Balaban J connectivity index is 1.23. The van der Waals surface area contributed by atoms with Crippen LogP contribution in [0.25, 0.3) is 49.4 Å². The van der Waals surface area contributed by atoms with Gasteiger partial charge in [-0.2, -0.15) is 5.26 Å². The predicted molar refractivity (Wildman–Crippen MR) is 179 cm³/mol. The second kappa shape index (κ2) is 10.4. The molecule has 0 aliphatic carbocycles. The third kappa shape index (κ3) is 4.25. The van der Waals surface area contributed by atoms with Crippen molar-refractivity contribution in [3.8, 4) is 11.8 Å². The number of aromatic nitrogens is 1. The smallest absolute Gasteiger partial charge is 0.136 e. The number of rotatable bonds is 5. The van der Waals surface area contributed by atoms with Gasteiger partial charge in [0.25, 0.3) is 0 Å². The van der Waals surface area contributed by atoms with Crippen molar-refractivity contribution in [2.75, 3.05) is 0 Å². The number of benzene rings is 6. The minimum absolute atomic E-state index is 0.406. The summed E-state index contributed by atoms with van der Waals surface area (Å²) in [5.41, 5.74) is 15.9. The van der Waals surface area contributed by atoms with Crippen LogP contribution in [0, 0.1) is 11.3 Å². The van der Waals surface area contributed by atoms with E-state index in [4.69, 9.17) is 15.1 Å². The number of fused-ring (bicyclic) bond motifs is 6. The second-order valence-electron chi connectivity index (χ2n) is 10.9. The highest BCUT2D eigenvalue weighted by Crippen LogP contribution is 2.38. The Morgan fingerprint density at radius 3 is 2.39 bits per heavy atom. The highest BCUT2D eigenvalue weighted by atomic mass is 16.3. The first-order chi connectivity index (χ1) is 21.7. The van der Waals surface area contributed by atoms with Gasteiger partial charge >= 0.3 is 0 Å². The van der Waals surface area contributed by atoms with E-state index in [-0.39, 0.29) is 0 Å². The molecular formula is C39H26N4O. The minimum atomic E-state index is -0.406. The lowest BCUT2D eigenvalue weighted by Gasteiger charge is -2.15. The zero-order valence-corrected chi connectivity index (χ0v) is 23.7. The normalized spacial score (nSPS) is 12.5. The van der Waals surface area contributed by atoms with Crippen molar-refractivity contribution < 1.29 is 4.42 Å². The first-order valence-corrected chi connectivity index (χ1v) is 14.5. The van der Waals surface area contributed by atoms with Gasteiger partial charge < -0.3 is 14.7 Å². The van der Waals surface area contributed by atoms with Gasteiger partial charge in [0.2, 0.25) is 0 Å². The summed E-state index contributed by atoms with van der Waals surface area (Å²) in [6.07, 6.45) is 1.89. The Hall–Kier alpha value is -5.96. The number of para-hydroxylation sites is 3. The third-order valence-electron chi connectivity index (χ3n) is 8.30. The molecule has 0 saturated heterocycles. The van der Waals surface area contributed by atoms with Gasteiger partial charge in [-0.15, -0.1) is 0 Å². The van der Waals surface area contributed by atoms with E-state index in [2.05, 4.69) is 77.4 Å². The standard InChI is InChI=1S/C39H26N4O/c40-23-25-9-7-11-27(19-25)39(41)31-15-1-4-16-34(31)42-24-26-10-8-12-28(20-26)43-35-17-5-2-13-29(35)32-22-38-33(21-36(32)43)30-14-3-6-18-37(30)44-38/h1-22,24,39H,41H2/b42-24+. The third-order valence-corrected chi connectivity index (χ3v) is 8.30. The molecule has 44 heavy (non-hydrogen) atoms.